The normalized spacial score (nSPS) is 23.4. The summed E-state index contributed by atoms with van der Waals surface area (Å²) in [6.45, 7) is 0.0157. The van der Waals surface area contributed by atoms with Gasteiger partial charge in [0.2, 0.25) is 5.91 Å². The lowest BCUT2D eigenvalue weighted by atomic mass is 9.73. The molecule has 154 valence electrons. The molecule has 2 unspecified atom stereocenters. The van der Waals surface area contributed by atoms with Crippen LogP contribution < -0.4 is 5.32 Å². The molecule has 29 heavy (non-hydrogen) atoms. The fraction of sp³-hybridized carbons (Fsp3) is 0.316. The quantitative estimate of drug-likeness (QED) is 0.724. The SMILES string of the molecule is CN(C)S(=O)(=O)N1CCC2(C(=O)Nc3ccccc32)C1c1cccnc1.O=CO. The number of benzene rings is 1. The second-order valence-corrected chi connectivity index (χ2v) is 9.01. The van der Waals surface area contributed by atoms with E-state index in [0.29, 0.717) is 12.0 Å². The molecule has 1 spiro atoms. The number of carbonyl (C=O) groups excluding carboxylic acids is 1. The Morgan fingerprint density at radius 2 is 1.97 bits per heavy atom. The molecule has 2 aromatic rings. The van der Waals surface area contributed by atoms with Crippen LogP contribution in [-0.2, 0) is 25.2 Å². The number of nitrogens with zero attached hydrogens (tertiary/aromatic N) is 3. The van der Waals surface area contributed by atoms with Crippen molar-refractivity contribution in [1.82, 2.24) is 13.6 Å². The monoisotopic (exact) mass is 418 g/mol. The van der Waals surface area contributed by atoms with Gasteiger partial charge in [0.05, 0.1) is 11.5 Å². The maximum Gasteiger partial charge on any atom is 0.290 e. The van der Waals surface area contributed by atoms with Crippen LogP contribution in [0.5, 0.6) is 0 Å². The van der Waals surface area contributed by atoms with Gasteiger partial charge in [-0.3, -0.25) is 14.6 Å². The summed E-state index contributed by atoms with van der Waals surface area (Å²) in [7, 11) is -0.698. The van der Waals surface area contributed by atoms with Crippen molar-refractivity contribution in [1.29, 1.82) is 0 Å². The van der Waals surface area contributed by atoms with Crippen LogP contribution in [0.1, 0.15) is 23.6 Å². The molecule has 1 aromatic carbocycles. The minimum Gasteiger partial charge on any atom is -0.483 e. The van der Waals surface area contributed by atoms with E-state index in [9.17, 15) is 13.2 Å². The van der Waals surface area contributed by atoms with Crippen molar-refractivity contribution >= 4 is 28.3 Å². The molecule has 0 bridgehead atoms. The minimum atomic E-state index is -3.70. The molecule has 0 saturated carbocycles. The molecular formula is C19H22N4O5S. The first kappa shape index (κ1) is 20.9. The predicted octanol–water partition coefficient (Wildman–Crippen LogP) is 1.23. The molecule has 10 heteroatoms. The lowest BCUT2D eigenvalue weighted by Crippen LogP contribution is -2.45. The molecule has 2 aliphatic heterocycles. The van der Waals surface area contributed by atoms with E-state index in [1.165, 1.54) is 22.7 Å². The summed E-state index contributed by atoms with van der Waals surface area (Å²) in [4.78, 5) is 25.6. The van der Waals surface area contributed by atoms with E-state index in [4.69, 9.17) is 9.90 Å². The average molecular weight is 418 g/mol. The van der Waals surface area contributed by atoms with Crippen LogP contribution >= 0.6 is 0 Å². The van der Waals surface area contributed by atoms with Gasteiger partial charge in [-0.05, 0) is 29.7 Å². The van der Waals surface area contributed by atoms with E-state index >= 15 is 0 Å². The van der Waals surface area contributed by atoms with Gasteiger partial charge in [0.25, 0.3) is 16.7 Å². The number of pyridine rings is 1. The van der Waals surface area contributed by atoms with Gasteiger partial charge in [0, 0.05) is 38.7 Å². The van der Waals surface area contributed by atoms with Crippen molar-refractivity contribution in [3.63, 3.8) is 0 Å². The number of para-hydroxylation sites is 1. The number of anilines is 1. The molecule has 3 heterocycles. The molecule has 2 atom stereocenters. The molecule has 2 N–H and O–H groups in total. The Hall–Kier alpha value is -2.82. The van der Waals surface area contributed by atoms with Crippen LogP contribution in [0.2, 0.25) is 0 Å². The summed E-state index contributed by atoms with van der Waals surface area (Å²) >= 11 is 0. The molecular weight excluding hydrogens is 396 g/mol. The van der Waals surface area contributed by atoms with E-state index in [0.717, 1.165) is 11.3 Å². The van der Waals surface area contributed by atoms with E-state index < -0.39 is 21.7 Å². The first-order valence-electron chi connectivity index (χ1n) is 8.88. The van der Waals surface area contributed by atoms with Gasteiger partial charge in [0.1, 0.15) is 0 Å². The Kier molecular flexibility index (Phi) is 5.69. The number of fused-ring (bicyclic) bond motifs is 2. The van der Waals surface area contributed by atoms with Crippen molar-refractivity contribution in [2.75, 3.05) is 26.0 Å². The first-order valence-corrected chi connectivity index (χ1v) is 10.3. The number of carbonyl (C=O) groups is 2. The molecule has 1 saturated heterocycles. The summed E-state index contributed by atoms with van der Waals surface area (Å²) < 4.78 is 28.6. The van der Waals surface area contributed by atoms with Gasteiger partial charge in [-0.1, -0.05) is 24.3 Å². The number of nitrogens with one attached hydrogen (secondary N) is 1. The van der Waals surface area contributed by atoms with Gasteiger partial charge in [-0.25, -0.2) is 0 Å². The highest BCUT2D eigenvalue weighted by Crippen LogP contribution is 2.55. The Morgan fingerprint density at radius 1 is 1.28 bits per heavy atom. The van der Waals surface area contributed by atoms with Crippen LogP contribution in [0.3, 0.4) is 0 Å². The van der Waals surface area contributed by atoms with Crippen molar-refractivity contribution in [2.24, 2.45) is 0 Å². The van der Waals surface area contributed by atoms with Crippen LogP contribution in [0.15, 0.2) is 48.8 Å². The first-order chi connectivity index (χ1) is 13.8. The van der Waals surface area contributed by atoms with E-state index in [2.05, 4.69) is 10.3 Å². The Bertz CT molecular complexity index is 1010. The highest BCUT2D eigenvalue weighted by atomic mass is 32.2. The maximum atomic E-state index is 13.1. The zero-order valence-corrected chi connectivity index (χ0v) is 16.8. The summed E-state index contributed by atoms with van der Waals surface area (Å²) in [5, 5.41) is 9.83. The van der Waals surface area contributed by atoms with Crippen LogP contribution in [0.4, 0.5) is 5.69 Å². The number of hydrogen-bond acceptors (Lipinski definition) is 5. The molecule has 0 aliphatic carbocycles. The largest absolute Gasteiger partial charge is 0.483 e. The standard InChI is InChI=1S/C18H20N4O3S.CH2O2/c1-21(2)26(24,25)22-11-9-18(16(22)13-6-5-10-19-12-13)14-7-3-4-8-15(14)20-17(18)23;2-1-3/h3-8,10,12,16H,9,11H2,1-2H3,(H,20,23);1H,(H,2,3). The van der Waals surface area contributed by atoms with E-state index in [-0.39, 0.29) is 18.9 Å². The van der Waals surface area contributed by atoms with Gasteiger partial charge in [-0.2, -0.15) is 17.0 Å². The average Bonchev–Trinajstić information content (AvgIpc) is 3.23. The van der Waals surface area contributed by atoms with Crippen LogP contribution in [0.25, 0.3) is 0 Å². The van der Waals surface area contributed by atoms with Crippen molar-refractivity contribution in [3.8, 4) is 0 Å². The number of carboxylic acid groups (broad SMARTS) is 1. The molecule has 9 nitrogen and oxygen atoms in total. The van der Waals surface area contributed by atoms with Crippen molar-refractivity contribution in [2.45, 2.75) is 17.9 Å². The topological polar surface area (TPSA) is 120 Å². The van der Waals surface area contributed by atoms with Crippen molar-refractivity contribution in [3.05, 3.63) is 59.9 Å². The molecule has 2 aliphatic rings. The summed E-state index contributed by atoms with van der Waals surface area (Å²) in [6, 6.07) is 10.4. The molecule has 1 fully saturated rings. The molecule has 4 rings (SSSR count). The maximum absolute atomic E-state index is 13.1. The number of aromatic nitrogens is 1. The van der Waals surface area contributed by atoms with Crippen molar-refractivity contribution < 1.29 is 23.1 Å². The Labute approximate surface area is 169 Å². The van der Waals surface area contributed by atoms with E-state index in [1.807, 2.05) is 30.3 Å². The summed E-state index contributed by atoms with van der Waals surface area (Å²) in [6.07, 6.45) is 3.70. The highest BCUT2D eigenvalue weighted by molar-refractivity contribution is 7.86. The number of hydrogen-bond donors (Lipinski definition) is 2. The smallest absolute Gasteiger partial charge is 0.290 e. The predicted molar refractivity (Wildman–Crippen MR) is 106 cm³/mol. The Balaban J connectivity index is 0.000000755. The highest BCUT2D eigenvalue weighted by Gasteiger charge is 2.61. The summed E-state index contributed by atoms with van der Waals surface area (Å²) in [5.41, 5.74) is 1.34. The fourth-order valence-electron chi connectivity index (χ4n) is 4.10. The van der Waals surface area contributed by atoms with Crippen LogP contribution in [0, 0.1) is 0 Å². The zero-order valence-electron chi connectivity index (χ0n) is 16.0. The second-order valence-electron chi connectivity index (χ2n) is 6.92. The van der Waals surface area contributed by atoms with Gasteiger partial charge >= 0.3 is 0 Å². The van der Waals surface area contributed by atoms with Gasteiger partial charge in [-0.15, -0.1) is 0 Å². The number of rotatable bonds is 3. The second kappa shape index (κ2) is 7.90. The number of amides is 1. The molecule has 1 aromatic heterocycles. The third-order valence-electron chi connectivity index (χ3n) is 5.30. The Morgan fingerprint density at radius 3 is 2.59 bits per heavy atom. The molecule has 0 radical (unpaired) electrons. The third kappa shape index (κ3) is 3.28. The molecule has 1 amide bonds. The summed E-state index contributed by atoms with van der Waals surface area (Å²) in [5.74, 6) is -0.163. The van der Waals surface area contributed by atoms with Crippen LogP contribution in [-0.4, -0.2) is 60.1 Å². The van der Waals surface area contributed by atoms with Gasteiger partial charge < -0.3 is 10.4 Å². The lowest BCUT2D eigenvalue weighted by molar-refractivity contribution is -0.123. The fourth-order valence-corrected chi connectivity index (χ4v) is 5.41. The minimum absolute atomic E-state index is 0.163. The van der Waals surface area contributed by atoms with Gasteiger partial charge in [0.15, 0.2) is 0 Å². The lowest BCUT2D eigenvalue weighted by Gasteiger charge is -2.34. The third-order valence-corrected chi connectivity index (χ3v) is 7.21. The van der Waals surface area contributed by atoms with E-state index in [1.54, 1.807) is 18.5 Å². The zero-order chi connectivity index (χ0) is 21.2.